The summed E-state index contributed by atoms with van der Waals surface area (Å²) in [5.74, 6) is 0.175. The Bertz CT molecular complexity index is 324. The van der Waals surface area contributed by atoms with Crippen molar-refractivity contribution in [2.24, 2.45) is 5.73 Å². The molecule has 1 amide bonds. The van der Waals surface area contributed by atoms with Crippen LogP contribution in [0.25, 0.3) is 0 Å². The molecule has 0 aromatic rings. The van der Waals surface area contributed by atoms with Crippen molar-refractivity contribution in [1.29, 1.82) is 0 Å². The molecule has 130 valence electrons. The maximum absolute atomic E-state index is 12.0. The van der Waals surface area contributed by atoms with Gasteiger partial charge in [0.25, 0.3) is 0 Å². The van der Waals surface area contributed by atoms with Crippen LogP contribution in [0.2, 0.25) is 0 Å². The van der Waals surface area contributed by atoms with Gasteiger partial charge in [-0.25, -0.2) is 0 Å². The Morgan fingerprint density at radius 2 is 1.73 bits per heavy atom. The molecule has 2 fully saturated rings. The molecule has 1 unspecified atom stereocenters. The number of nitrogens with two attached hydrogens (primary N) is 1. The van der Waals surface area contributed by atoms with Crippen LogP contribution < -0.4 is 11.1 Å². The summed E-state index contributed by atoms with van der Waals surface area (Å²) >= 11 is 0. The van der Waals surface area contributed by atoms with Crippen molar-refractivity contribution in [1.82, 2.24) is 10.2 Å². The van der Waals surface area contributed by atoms with Gasteiger partial charge in [0.15, 0.2) is 0 Å². The van der Waals surface area contributed by atoms with Gasteiger partial charge in [0, 0.05) is 24.5 Å². The lowest BCUT2D eigenvalue weighted by molar-refractivity contribution is -0.122. The van der Waals surface area contributed by atoms with E-state index in [1.54, 1.807) is 0 Å². The fourth-order valence-corrected chi connectivity index (χ4v) is 3.89. The first-order valence-electron chi connectivity index (χ1n) is 8.90. The zero-order chi connectivity index (χ0) is 15.1. The van der Waals surface area contributed by atoms with Crippen LogP contribution in [-0.2, 0) is 4.79 Å². The maximum atomic E-state index is 12.0. The molecule has 3 N–H and O–H groups in total. The van der Waals surface area contributed by atoms with E-state index >= 15 is 0 Å². The normalized spacial score (nSPS) is 23.4. The SMILES string of the molecule is CC(N)CCC(=O)NCC1(N2CCCCC2)CCCCC1.Cl. The second kappa shape index (κ2) is 9.74. The molecule has 0 spiro atoms. The largest absolute Gasteiger partial charge is 0.354 e. The molecule has 0 aromatic heterocycles. The molecular formula is C17H34ClN3O. The van der Waals surface area contributed by atoms with Gasteiger partial charge >= 0.3 is 0 Å². The summed E-state index contributed by atoms with van der Waals surface area (Å²) in [4.78, 5) is 14.7. The van der Waals surface area contributed by atoms with Crippen LogP contribution in [-0.4, -0.2) is 42.0 Å². The molecule has 1 saturated heterocycles. The Kier molecular flexibility index (Phi) is 8.73. The first-order chi connectivity index (χ1) is 10.1. The minimum absolute atomic E-state index is 0. The van der Waals surface area contributed by atoms with Gasteiger partial charge in [0.2, 0.25) is 5.91 Å². The van der Waals surface area contributed by atoms with E-state index < -0.39 is 0 Å². The summed E-state index contributed by atoms with van der Waals surface area (Å²) in [5.41, 5.74) is 5.97. The van der Waals surface area contributed by atoms with E-state index in [-0.39, 0.29) is 29.9 Å². The monoisotopic (exact) mass is 331 g/mol. The van der Waals surface area contributed by atoms with Crippen LogP contribution in [0, 0.1) is 0 Å². The number of piperidine rings is 1. The molecule has 2 rings (SSSR count). The van der Waals surface area contributed by atoms with Crippen LogP contribution in [0.15, 0.2) is 0 Å². The number of halogens is 1. The Hall–Kier alpha value is -0.320. The van der Waals surface area contributed by atoms with Crippen LogP contribution in [0.1, 0.15) is 71.1 Å². The Labute approximate surface area is 142 Å². The highest BCUT2D eigenvalue weighted by Gasteiger charge is 2.38. The van der Waals surface area contributed by atoms with Gasteiger partial charge in [-0.3, -0.25) is 9.69 Å². The van der Waals surface area contributed by atoms with Crippen LogP contribution >= 0.6 is 12.4 Å². The van der Waals surface area contributed by atoms with Crippen molar-refractivity contribution in [3.05, 3.63) is 0 Å². The Balaban J connectivity index is 0.00000242. The number of hydrogen-bond acceptors (Lipinski definition) is 3. The number of amides is 1. The first-order valence-corrected chi connectivity index (χ1v) is 8.90. The average Bonchev–Trinajstić information content (AvgIpc) is 2.52. The minimum atomic E-state index is 0. The Morgan fingerprint density at radius 3 is 2.32 bits per heavy atom. The quantitative estimate of drug-likeness (QED) is 0.786. The molecule has 1 heterocycles. The summed E-state index contributed by atoms with van der Waals surface area (Å²) in [5, 5.41) is 3.21. The zero-order valence-electron chi connectivity index (χ0n) is 14.1. The molecule has 1 aliphatic heterocycles. The van der Waals surface area contributed by atoms with Crippen molar-refractivity contribution in [3.63, 3.8) is 0 Å². The summed E-state index contributed by atoms with van der Waals surface area (Å²) < 4.78 is 0. The molecule has 1 atom stereocenters. The second-order valence-corrected chi connectivity index (χ2v) is 7.13. The first kappa shape index (κ1) is 19.7. The number of rotatable bonds is 6. The molecule has 1 aliphatic carbocycles. The summed E-state index contributed by atoms with van der Waals surface area (Å²) in [6.07, 6.45) is 11.8. The van der Waals surface area contributed by atoms with Gasteiger partial charge < -0.3 is 11.1 Å². The molecule has 2 aliphatic rings. The van der Waals surface area contributed by atoms with Crippen molar-refractivity contribution in [2.75, 3.05) is 19.6 Å². The highest BCUT2D eigenvalue weighted by Crippen LogP contribution is 2.35. The molecule has 4 nitrogen and oxygen atoms in total. The topological polar surface area (TPSA) is 58.4 Å². The Morgan fingerprint density at radius 1 is 1.14 bits per heavy atom. The molecule has 1 saturated carbocycles. The van der Waals surface area contributed by atoms with E-state index in [1.807, 2.05) is 6.92 Å². The third-order valence-electron chi connectivity index (χ3n) is 5.25. The number of hydrogen-bond donors (Lipinski definition) is 2. The highest BCUT2D eigenvalue weighted by atomic mass is 35.5. The molecule has 5 heteroatoms. The van der Waals surface area contributed by atoms with E-state index in [2.05, 4.69) is 10.2 Å². The number of nitrogens with zero attached hydrogens (tertiary/aromatic N) is 1. The molecule has 0 aromatic carbocycles. The van der Waals surface area contributed by atoms with Gasteiger partial charge in [-0.15, -0.1) is 12.4 Å². The molecule has 22 heavy (non-hydrogen) atoms. The van der Waals surface area contributed by atoms with Crippen molar-refractivity contribution in [2.45, 2.75) is 82.7 Å². The lowest BCUT2D eigenvalue weighted by atomic mass is 9.79. The maximum Gasteiger partial charge on any atom is 0.220 e. The third kappa shape index (κ3) is 5.71. The summed E-state index contributed by atoms with van der Waals surface area (Å²) in [6, 6.07) is 0.112. The smallest absolute Gasteiger partial charge is 0.220 e. The predicted octanol–water partition coefficient (Wildman–Crippen LogP) is 2.84. The molecule has 0 bridgehead atoms. The van der Waals surface area contributed by atoms with Crippen LogP contribution in [0.3, 0.4) is 0 Å². The van der Waals surface area contributed by atoms with Crippen molar-refractivity contribution >= 4 is 18.3 Å². The lowest BCUT2D eigenvalue weighted by Gasteiger charge is -2.48. The van der Waals surface area contributed by atoms with Crippen LogP contribution in [0.5, 0.6) is 0 Å². The van der Waals surface area contributed by atoms with E-state index in [0.29, 0.717) is 6.42 Å². The number of nitrogens with one attached hydrogen (secondary N) is 1. The van der Waals surface area contributed by atoms with E-state index in [9.17, 15) is 4.79 Å². The summed E-state index contributed by atoms with van der Waals surface area (Å²) in [6.45, 7) is 5.24. The molecule has 0 radical (unpaired) electrons. The van der Waals surface area contributed by atoms with Crippen LogP contribution in [0.4, 0.5) is 0 Å². The molecular weight excluding hydrogens is 298 g/mol. The van der Waals surface area contributed by atoms with Gasteiger partial charge in [-0.2, -0.15) is 0 Å². The predicted molar refractivity (Wildman–Crippen MR) is 94.4 cm³/mol. The lowest BCUT2D eigenvalue weighted by Crippen LogP contribution is -2.58. The number of likely N-dealkylation sites (tertiary alicyclic amines) is 1. The fourth-order valence-electron chi connectivity index (χ4n) is 3.89. The summed E-state index contributed by atoms with van der Waals surface area (Å²) in [7, 11) is 0. The van der Waals surface area contributed by atoms with E-state index in [1.165, 1.54) is 64.5 Å². The standard InChI is InChI=1S/C17H33N3O.ClH/c1-15(18)8-9-16(21)19-14-17(10-4-2-5-11-17)20-12-6-3-7-13-20;/h15H,2-14,18H2,1H3,(H,19,21);1H. The van der Waals surface area contributed by atoms with Gasteiger partial charge in [-0.05, 0) is 52.1 Å². The second-order valence-electron chi connectivity index (χ2n) is 7.13. The van der Waals surface area contributed by atoms with Gasteiger partial charge in [0.1, 0.15) is 0 Å². The van der Waals surface area contributed by atoms with Gasteiger partial charge in [0.05, 0.1) is 0 Å². The van der Waals surface area contributed by atoms with Gasteiger partial charge in [-0.1, -0.05) is 25.7 Å². The van der Waals surface area contributed by atoms with Crippen molar-refractivity contribution < 1.29 is 4.79 Å². The number of carbonyl (C=O) groups excluding carboxylic acids is 1. The minimum Gasteiger partial charge on any atom is -0.354 e. The van der Waals surface area contributed by atoms with Crippen molar-refractivity contribution in [3.8, 4) is 0 Å². The average molecular weight is 332 g/mol. The highest BCUT2D eigenvalue weighted by molar-refractivity contribution is 5.85. The number of carbonyl (C=O) groups is 1. The van der Waals surface area contributed by atoms with E-state index in [0.717, 1.165) is 13.0 Å². The van der Waals surface area contributed by atoms with E-state index in [4.69, 9.17) is 5.73 Å². The fraction of sp³-hybridized carbons (Fsp3) is 0.941. The zero-order valence-corrected chi connectivity index (χ0v) is 14.9. The third-order valence-corrected chi connectivity index (χ3v) is 5.25.